The van der Waals surface area contributed by atoms with Gasteiger partial charge in [0.25, 0.3) is 0 Å². The van der Waals surface area contributed by atoms with E-state index in [9.17, 15) is 4.79 Å². The summed E-state index contributed by atoms with van der Waals surface area (Å²) < 4.78 is 11.3. The molecular weight excluding hydrogens is 368 g/mol. The van der Waals surface area contributed by atoms with Gasteiger partial charge in [-0.25, -0.2) is 4.79 Å². The first-order valence-electron chi connectivity index (χ1n) is 8.30. The van der Waals surface area contributed by atoms with Gasteiger partial charge in [-0.15, -0.1) is 0 Å². The van der Waals surface area contributed by atoms with Crippen LogP contribution in [0.25, 0.3) is 11.0 Å². The zero-order chi connectivity index (χ0) is 18.1. The van der Waals surface area contributed by atoms with Gasteiger partial charge in [-0.3, -0.25) is 0 Å². The fourth-order valence-corrected chi connectivity index (χ4v) is 3.45. The Morgan fingerprint density at radius 3 is 2.54 bits per heavy atom. The summed E-state index contributed by atoms with van der Waals surface area (Å²) in [4.78, 5) is 12.2. The lowest BCUT2D eigenvalue weighted by Gasteiger charge is -2.24. The van der Waals surface area contributed by atoms with Crippen LogP contribution in [0.4, 0.5) is 0 Å². The van der Waals surface area contributed by atoms with E-state index in [-0.39, 0.29) is 5.63 Å². The van der Waals surface area contributed by atoms with Crippen LogP contribution in [-0.4, -0.2) is 4.51 Å². The van der Waals surface area contributed by atoms with Gasteiger partial charge in [0.2, 0.25) is 0 Å². The summed E-state index contributed by atoms with van der Waals surface area (Å²) in [5, 5.41) is 1.02. The van der Waals surface area contributed by atoms with E-state index in [0.29, 0.717) is 11.1 Å². The van der Waals surface area contributed by atoms with Gasteiger partial charge in [0.15, 0.2) is 4.51 Å². The maximum Gasteiger partial charge on any atom is 0.339 e. The van der Waals surface area contributed by atoms with Gasteiger partial charge in [0.05, 0.1) is 0 Å². The predicted molar refractivity (Wildman–Crippen MR) is 103 cm³/mol. The number of ether oxygens (including phenoxy) is 1. The van der Waals surface area contributed by atoms with E-state index in [1.54, 1.807) is 0 Å². The highest BCUT2D eigenvalue weighted by Gasteiger charge is 2.23. The summed E-state index contributed by atoms with van der Waals surface area (Å²) >= 11 is 3.59. The Bertz CT molecular complexity index is 844. The monoisotopic (exact) mass is 392 g/mol. The molecule has 1 unspecified atom stereocenters. The molecule has 0 fully saturated rings. The first kappa shape index (κ1) is 18.8. The summed E-state index contributed by atoms with van der Waals surface area (Å²) in [6.07, 6.45) is 5.61. The molecular formula is C20H25BrO3. The molecule has 24 heavy (non-hydrogen) atoms. The number of fused-ring (bicyclic) bond motifs is 1. The molecule has 1 aromatic carbocycles. The number of aryl methyl sites for hydroxylation is 3. The second kappa shape index (κ2) is 7.14. The molecule has 0 radical (unpaired) electrons. The minimum Gasteiger partial charge on any atom is -0.472 e. The maximum atomic E-state index is 12.2. The molecule has 0 spiro atoms. The number of alkyl halides is 1. The standard InChI is InChI=1S/C20H25BrO3/c1-7-9-15-16(24-20(6,21)10-8-2)11-12(3)17-13(4)14(5)19(22)23-18(15)17/h8,10-11H,7,9H2,1-6H3/b10-8+. The Morgan fingerprint density at radius 1 is 1.29 bits per heavy atom. The number of hydrogen-bond donors (Lipinski definition) is 0. The molecule has 130 valence electrons. The second-order valence-electron chi connectivity index (χ2n) is 6.35. The van der Waals surface area contributed by atoms with Crippen LogP contribution in [0, 0.1) is 20.8 Å². The second-order valence-corrected chi connectivity index (χ2v) is 7.93. The van der Waals surface area contributed by atoms with Gasteiger partial charge in [0.1, 0.15) is 11.3 Å². The molecule has 1 aromatic heterocycles. The van der Waals surface area contributed by atoms with E-state index >= 15 is 0 Å². The lowest BCUT2D eigenvalue weighted by Crippen LogP contribution is -2.22. The molecule has 0 saturated heterocycles. The Morgan fingerprint density at radius 2 is 1.96 bits per heavy atom. The number of hydrogen-bond acceptors (Lipinski definition) is 3. The Labute approximate surface area is 151 Å². The van der Waals surface area contributed by atoms with Gasteiger partial charge in [-0.1, -0.05) is 19.4 Å². The van der Waals surface area contributed by atoms with Crippen molar-refractivity contribution in [2.24, 2.45) is 0 Å². The van der Waals surface area contributed by atoms with E-state index < -0.39 is 4.51 Å². The largest absolute Gasteiger partial charge is 0.472 e. The van der Waals surface area contributed by atoms with Gasteiger partial charge in [-0.2, -0.15) is 0 Å². The molecule has 0 amide bonds. The number of rotatable bonds is 5. The van der Waals surface area contributed by atoms with Gasteiger partial charge < -0.3 is 9.15 Å². The average Bonchev–Trinajstić information content (AvgIpc) is 2.47. The topological polar surface area (TPSA) is 39.4 Å². The first-order chi connectivity index (χ1) is 11.2. The molecule has 0 bridgehead atoms. The van der Waals surface area contributed by atoms with Crippen molar-refractivity contribution in [1.82, 2.24) is 0 Å². The van der Waals surface area contributed by atoms with Crippen LogP contribution in [0.2, 0.25) is 0 Å². The highest BCUT2D eigenvalue weighted by atomic mass is 79.9. The summed E-state index contributed by atoms with van der Waals surface area (Å²) in [5.74, 6) is 0.755. The zero-order valence-corrected chi connectivity index (χ0v) is 16.8. The molecule has 4 heteroatoms. The third-order valence-corrected chi connectivity index (χ3v) is 4.68. The van der Waals surface area contributed by atoms with Crippen LogP contribution in [-0.2, 0) is 6.42 Å². The smallest absolute Gasteiger partial charge is 0.339 e. The van der Waals surface area contributed by atoms with Crippen molar-refractivity contribution in [2.45, 2.75) is 58.9 Å². The van der Waals surface area contributed by atoms with Gasteiger partial charge in [-0.05, 0) is 80.2 Å². The molecule has 1 heterocycles. The highest BCUT2D eigenvalue weighted by molar-refractivity contribution is 9.10. The van der Waals surface area contributed by atoms with Gasteiger partial charge in [0, 0.05) is 16.5 Å². The molecule has 0 aliphatic rings. The van der Waals surface area contributed by atoms with Crippen molar-refractivity contribution < 1.29 is 9.15 Å². The lowest BCUT2D eigenvalue weighted by molar-refractivity contribution is 0.240. The van der Waals surface area contributed by atoms with Crippen molar-refractivity contribution in [2.75, 3.05) is 0 Å². The van der Waals surface area contributed by atoms with E-state index in [0.717, 1.165) is 40.7 Å². The zero-order valence-electron chi connectivity index (χ0n) is 15.2. The number of benzene rings is 1. The van der Waals surface area contributed by atoms with Crippen molar-refractivity contribution in [1.29, 1.82) is 0 Å². The third kappa shape index (κ3) is 3.59. The van der Waals surface area contributed by atoms with E-state index in [2.05, 4.69) is 22.9 Å². The van der Waals surface area contributed by atoms with Crippen LogP contribution in [0.3, 0.4) is 0 Å². The molecule has 0 N–H and O–H groups in total. The van der Waals surface area contributed by atoms with E-state index in [1.165, 1.54) is 0 Å². The van der Waals surface area contributed by atoms with Crippen molar-refractivity contribution in [3.05, 3.63) is 50.9 Å². The Kier molecular flexibility index (Phi) is 5.59. The summed E-state index contributed by atoms with van der Waals surface area (Å²) in [6, 6.07) is 2.04. The molecule has 3 nitrogen and oxygen atoms in total. The fraction of sp³-hybridized carbons (Fsp3) is 0.450. The van der Waals surface area contributed by atoms with Gasteiger partial charge >= 0.3 is 5.63 Å². The molecule has 2 aromatic rings. The van der Waals surface area contributed by atoms with Crippen LogP contribution < -0.4 is 10.4 Å². The highest BCUT2D eigenvalue weighted by Crippen LogP contribution is 2.37. The lowest BCUT2D eigenvalue weighted by atomic mass is 9.97. The summed E-state index contributed by atoms with van der Waals surface area (Å²) in [7, 11) is 0. The van der Waals surface area contributed by atoms with Crippen LogP contribution in [0.15, 0.2) is 27.4 Å². The SMILES string of the molecule is C/C=C/C(C)(Br)Oc1cc(C)c2c(C)c(C)c(=O)oc2c1CCC. The Balaban J connectivity index is 2.80. The molecule has 0 aliphatic heterocycles. The molecule has 2 rings (SSSR count). The molecule has 0 aliphatic carbocycles. The summed E-state index contributed by atoms with van der Waals surface area (Å²) in [6.45, 7) is 11.8. The third-order valence-electron chi connectivity index (χ3n) is 4.25. The van der Waals surface area contributed by atoms with Crippen LogP contribution in [0.1, 0.15) is 49.4 Å². The average molecular weight is 393 g/mol. The van der Waals surface area contributed by atoms with E-state index in [4.69, 9.17) is 9.15 Å². The van der Waals surface area contributed by atoms with Crippen molar-refractivity contribution in [3.63, 3.8) is 0 Å². The van der Waals surface area contributed by atoms with E-state index in [1.807, 2.05) is 52.8 Å². The predicted octanol–water partition coefficient (Wildman–Crippen LogP) is 5.74. The molecule has 1 atom stereocenters. The normalized spacial score (nSPS) is 14.3. The number of halogens is 1. The number of allylic oxidation sites excluding steroid dienone is 1. The van der Waals surface area contributed by atoms with Crippen molar-refractivity contribution >= 4 is 26.9 Å². The van der Waals surface area contributed by atoms with Crippen LogP contribution >= 0.6 is 15.9 Å². The maximum absolute atomic E-state index is 12.2. The quantitative estimate of drug-likeness (QED) is 0.370. The first-order valence-corrected chi connectivity index (χ1v) is 9.09. The molecule has 0 saturated carbocycles. The van der Waals surface area contributed by atoms with Crippen molar-refractivity contribution in [3.8, 4) is 5.75 Å². The minimum atomic E-state index is -0.607. The summed E-state index contributed by atoms with van der Waals surface area (Å²) in [5.41, 5.74) is 4.04. The fourth-order valence-electron chi connectivity index (χ4n) is 3.01. The Hall–Kier alpha value is -1.55. The minimum absolute atomic E-state index is 0.274. The van der Waals surface area contributed by atoms with Crippen LogP contribution in [0.5, 0.6) is 5.75 Å².